The molecule has 7 heteroatoms. The summed E-state index contributed by atoms with van der Waals surface area (Å²) in [6.45, 7) is 0.0529. The number of halogens is 3. The van der Waals surface area contributed by atoms with Crippen molar-refractivity contribution < 1.29 is 9.59 Å². The Kier molecular flexibility index (Phi) is 3.61. The fraction of sp³-hybridized carbons (Fsp3) is 0.0714. The molecular weight excluding hydrogens is 335 g/mol. The number of fused-ring (bicyclic) bond motifs is 1. The van der Waals surface area contributed by atoms with E-state index in [1.54, 1.807) is 30.3 Å². The van der Waals surface area contributed by atoms with Gasteiger partial charge in [-0.2, -0.15) is 0 Å². The highest BCUT2D eigenvalue weighted by Gasteiger charge is 2.37. The molecule has 4 nitrogen and oxygen atoms in total. The summed E-state index contributed by atoms with van der Waals surface area (Å²) in [5.74, 6) is -1.29. The van der Waals surface area contributed by atoms with Gasteiger partial charge in [0, 0.05) is 0 Å². The smallest absolute Gasteiger partial charge is 0.299 e. The highest BCUT2D eigenvalue weighted by Crippen LogP contribution is 2.35. The van der Waals surface area contributed by atoms with Crippen molar-refractivity contribution in [1.82, 2.24) is 4.98 Å². The Bertz CT molecular complexity index is 777. The monoisotopic (exact) mass is 340 g/mol. The van der Waals surface area contributed by atoms with Crippen molar-refractivity contribution >= 4 is 52.2 Å². The zero-order chi connectivity index (χ0) is 15.1. The van der Waals surface area contributed by atoms with Gasteiger partial charge in [-0.3, -0.25) is 14.5 Å². The van der Waals surface area contributed by atoms with Crippen molar-refractivity contribution in [3.8, 4) is 0 Å². The van der Waals surface area contributed by atoms with Gasteiger partial charge in [-0.15, -0.1) is 0 Å². The molecule has 1 amide bonds. The summed E-state index contributed by atoms with van der Waals surface area (Å²) in [5, 5.41) is 0.882. The lowest BCUT2D eigenvalue weighted by molar-refractivity contribution is -0.114. The van der Waals surface area contributed by atoms with Gasteiger partial charge < -0.3 is 0 Å². The third kappa shape index (κ3) is 2.39. The van der Waals surface area contributed by atoms with Crippen LogP contribution in [0.1, 0.15) is 16.1 Å². The number of anilines is 1. The first-order valence-corrected chi connectivity index (χ1v) is 7.08. The van der Waals surface area contributed by atoms with E-state index in [4.69, 9.17) is 34.8 Å². The molecule has 0 radical (unpaired) electrons. The van der Waals surface area contributed by atoms with E-state index in [9.17, 15) is 9.59 Å². The standard InChI is InChI=1S/C14H7Cl3N2O2/c15-7-4-5-11(17)18-9(7)6-19-10-3-1-2-8(16)12(10)13(20)14(19)21/h1-5H,6H2. The number of carbonyl (C=O) groups is 2. The topological polar surface area (TPSA) is 50.3 Å². The summed E-state index contributed by atoms with van der Waals surface area (Å²) in [6.07, 6.45) is 0. The van der Waals surface area contributed by atoms with Crippen LogP contribution in [0, 0.1) is 0 Å². The second kappa shape index (κ2) is 5.30. The molecule has 1 aliphatic heterocycles. The zero-order valence-electron chi connectivity index (χ0n) is 10.4. The van der Waals surface area contributed by atoms with Crippen molar-refractivity contribution in [2.24, 2.45) is 0 Å². The van der Waals surface area contributed by atoms with Crippen molar-refractivity contribution in [3.63, 3.8) is 0 Å². The molecule has 0 saturated carbocycles. The van der Waals surface area contributed by atoms with E-state index >= 15 is 0 Å². The number of aromatic nitrogens is 1. The normalized spacial score (nSPS) is 13.8. The van der Waals surface area contributed by atoms with Gasteiger partial charge in [-0.1, -0.05) is 40.9 Å². The molecule has 0 bridgehead atoms. The molecule has 0 fully saturated rings. The Hall–Kier alpha value is -1.62. The number of carbonyl (C=O) groups excluding carboxylic acids is 2. The average molecular weight is 342 g/mol. The number of benzene rings is 1. The Morgan fingerprint density at radius 1 is 1.00 bits per heavy atom. The molecule has 3 rings (SSSR count). The number of rotatable bonds is 2. The predicted molar refractivity (Wildman–Crippen MR) is 81.2 cm³/mol. The van der Waals surface area contributed by atoms with E-state index in [-0.39, 0.29) is 22.3 Å². The van der Waals surface area contributed by atoms with Crippen LogP contribution in [0.2, 0.25) is 15.2 Å². The van der Waals surface area contributed by atoms with Crippen LogP contribution >= 0.6 is 34.8 Å². The Labute approximate surface area is 135 Å². The van der Waals surface area contributed by atoms with E-state index in [2.05, 4.69) is 4.98 Å². The number of amides is 1. The van der Waals surface area contributed by atoms with Crippen molar-refractivity contribution in [2.45, 2.75) is 6.54 Å². The van der Waals surface area contributed by atoms with E-state index in [1.165, 1.54) is 4.90 Å². The number of ketones is 1. The lowest BCUT2D eigenvalue weighted by Gasteiger charge is -2.16. The van der Waals surface area contributed by atoms with Crippen LogP contribution in [0.3, 0.4) is 0 Å². The first-order chi connectivity index (χ1) is 9.99. The number of pyridine rings is 1. The molecule has 1 aromatic carbocycles. The zero-order valence-corrected chi connectivity index (χ0v) is 12.7. The van der Waals surface area contributed by atoms with Gasteiger partial charge in [0.1, 0.15) is 5.15 Å². The number of hydrogen-bond donors (Lipinski definition) is 0. The average Bonchev–Trinajstić information content (AvgIpc) is 2.69. The van der Waals surface area contributed by atoms with Crippen LogP contribution < -0.4 is 4.90 Å². The minimum absolute atomic E-state index is 0.0529. The van der Waals surface area contributed by atoms with Crippen molar-refractivity contribution in [2.75, 3.05) is 4.90 Å². The number of nitrogens with zero attached hydrogens (tertiary/aromatic N) is 2. The van der Waals surface area contributed by atoms with E-state index in [1.807, 2.05) is 0 Å². The molecule has 0 N–H and O–H groups in total. The summed E-state index contributed by atoms with van der Waals surface area (Å²) < 4.78 is 0. The van der Waals surface area contributed by atoms with Crippen molar-refractivity contribution in [3.05, 3.63) is 56.8 Å². The molecule has 0 unspecified atom stereocenters. The summed E-state index contributed by atoms with van der Waals surface area (Å²) in [4.78, 5) is 29.5. The van der Waals surface area contributed by atoms with Crippen LogP contribution in [0.4, 0.5) is 5.69 Å². The molecule has 2 aromatic rings. The van der Waals surface area contributed by atoms with Crippen LogP contribution in [-0.2, 0) is 11.3 Å². The maximum atomic E-state index is 12.1. The SMILES string of the molecule is O=C1C(=O)N(Cc2nc(Cl)ccc2Cl)c2cccc(Cl)c21. The fourth-order valence-electron chi connectivity index (χ4n) is 2.18. The molecule has 0 spiro atoms. The lowest BCUT2D eigenvalue weighted by atomic mass is 10.1. The van der Waals surface area contributed by atoms with E-state index < -0.39 is 11.7 Å². The largest absolute Gasteiger partial charge is 0.299 e. The third-order valence-electron chi connectivity index (χ3n) is 3.14. The van der Waals surface area contributed by atoms with Crippen LogP contribution in [-0.4, -0.2) is 16.7 Å². The molecule has 21 heavy (non-hydrogen) atoms. The molecule has 106 valence electrons. The second-order valence-corrected chi connectivity index (χ2v) is 5.62. The summed E-state index contributed by atoms with van der Waals surface area (Å²) >= 11 is 17.9. The van der Waals surface area contributed by atoms with Gasteiger partial charge in [-0.05, 0) is 24.3 Å². The highest BCUT2D eigenvalue weighted by atomic mass is 35.5. The molecule has 0 saturated heterocycles. The van der Waals surface area contributed by atoms with E-state index in [0.29, 0.717) is 16.4 Å². The van der Waals surface area contributed by atoms with Crippen LogP contribution in [0.25, 0.3) is 0 Å². The first-order valence-electron chi connectivity index (χ1n) is 5.94. The minimum Gasteiger partial charge on any atom is -0.299 e. The van der Waals surface area contributed by atoms with Gasteiger partial charge in [0.05, 0.1) is 33.5 Å². The molecule has 0 atom stereocenters. The quantitative estimate of drug-likeness (QED) is 0.617. The Morgan fingerprint density at radius 2 is 1.76 bits per heavy atom. The molecule has 1 aliphatic rings. The number of Topliss-reactive ketones (excluding diaryl/α,β-unsaturated/α-hetero) is 1. The highest BCUT2D eigenvalue weighted by molar-refractivity contribution is 6.55. The summed E-state index contributed by atoms with van der Waals surface area (Å²) in [7, 11) is 0. The second-order valence-electron chi connectivity index (χ2n) is 4.42. The molecule has 0 aliphatic carbocycles. The molecule has 2 heterocycles. The Morgan fingerprint density at radius 3 is 2.52 bits per heavy atom. The van der Waals surface area contributed by atoms with Gasteiger partial charge in [0.2, 0.25) is 0 Å². The van der Waals surface area contributed by atoms with Crippen LogP contribution in [0.15, 0.2) is 30.3 Å². The van der Waals surface area contributed by atoms with Gasteiger partial charge in [-0.25, -0.2) is 4.98 Å². The lowest BCUT2D eigenvalue weighted by Crippen LogP contribution is -2.29. The summed E-state index contributed by atoms with van der Waals surface area (Å²) in [6, 6.07) is 8.04. The van der Waals surface area contributed by atoms with Gasteiger partial charge in [0.15, 0.2) is 0 Å². The minimum atomic E-state index is -0.657. The maximum absolute atomic E-state index is 12.1. The summed E-state index contributed by atoms with van der Waals surface area (Å²) in [5.41, 5.74) is 1.08. The first kappa shape index (κ1) is 14.3. The van der Waals surface area contributed by atoms with E-state index in [0.717, 1.165) is 0 Å². The van der Waals surface area contributed by atoms with Gasteiger partial charge >= 0.3 is 0 Å². The third-order valence-corrected chi connectivity index (χ3v) is 4.01. The molecular formula is C14H7Cl3N2O2. The molecule has 1 aromatic heterocycles. The maximum Gasteiger partial charge on any atom is 0.299 e. The van der Waals surface area contributed by atoms with Crippen molar-refractivity contribution in [1.29, 1.82) is 0 Å². The van der Waals surface area contributed by atoms with Crippen LogP contribution in [0.5, 0.6) is 0 Å². The fourth-order valence-corrected chi connectivity index (χ4v) is 2.76. The predicted octanol–water partition coefficient (Wildman–Crippen LogP) is 3.77. The number of hydrogen-bond acceptors (Lipinski definition) is 3. The van der Waals surface area contributed by atoms with Gasteiger partial charge in [0.25, 0.3) is 11.7 Å². The Balaban J connectivity index is 2.05.